The second-order valence-electron chi connectivity index (χ2n) is 4.56. The Balaban J connectivity index is 2.79. The smallest absolute Gasteiger partial charge is 0.251 e. The van der Waals surface area contributed by atoms with Crippen molar-refractivity contribution in [2.24, 2.45) is 5.92 Å². The summed E-state index contributed by atoms with van der Waals surface area (Å²) in [6.45, 7) is 4.59. The minimum absolute atomic E-state index is 0.208. The van der Waals surface area contributed by atoms with Crippen molar-refractivity contribution in [3.8, 4) is 0 Å². The zero-order chi connectivity index (χ0) is 13.8. The summed E-state index contributed by atoms with van der Waals surface area (Å²) in [6.07, 6.45) is 1.07. The van der Waals surface area contributed by atoms with Crippen LogP contribution < -0.4 is 10.0 Å². The number of rotatable bonds is 5. The predicted molar refractivity (Wildman–Crippen MR) is 72.1 cm³/mol. The molecular weight excluding hydrogens is 252 g/mol. The van der Waals surface area contributed by atoms with Crippen LogP contribution >= 0.6 is 0 Å². The molecule has 100 valence electrons. The van der Waals surface area contributed by atoms with Crippen LogP contribution in [0.15, 0.2) is 24.3 Å². The van der Waals surface area contributed by atoms with Gasteiger partial charge in [0.2, 0.25) is 10.0 Å². The van der Waals surface area contributed by atoms with Gasteiger partial charge in [0.15, 0.2) is 0 Å². The van der Waals surface area contributed by atoms with E-state index in [9.17, 15) is 13.2 Å². The van der Waals surface area contributed by atoms with Gasteiger partial charge in [0.05, 0.1) is 6.26 Å². The quantitative estimate of drug-likeness (QED) is 0.850. The maximum absolute atomic E-state index is 11.8. The van der Waals surface area contributed by atoms with Crippen LogP contribution in [0.25, 0.3) is 0 Å². The van der Waals surface area contributed by atoms with Gasteiger partial charge >= 0.3 is 0 Å². The number of carbonyl (C=O) groups excluding carboxylic acids is 1. The standard InChI is InChI=1S/C12H18N2O3S/c1-9(2)8-13-12(15)10-5-4-6-11(7-10)14-18(3,16)17/h4-7,9,14H,8H2,1-3H3,(H,13,15). The van der Waals surface area contributed by atoms with E-state index in [1.165, 1.54) is 6.07 Å². The Morgan fingerprint density at radius 2 is 2.00 bits per heavy atom. The van der Waals surface area contributed by atoms with Crippen LogP contribution in [-0.2, 0) is 10.0 Å². The molecule has 0 spiro atoms. The second kappa shape index (κ2) is 5.86. The van der Waals surface area contributed by atoms with Crippen molar-refractivity contribution >= 4 is 21.6 Å². The SMILES string of the molecule is CC(C)CNC(=O)c1cccc(NS(C)(=O)=O)c1. The molecule has 0 aromatic heterocycles. The van der Waals surface area contributed by atoms with Crippen molar-refractivity contribution in [2.75, 3.05) is 17.5 Å². The van der Waals surface area contributed by atoms with E-state index in [4.69, 9.17) is 0 Å². The number of hydrogen-bond donors (Lipinski definition) is 2. The normalized spacial score (nSPS) is 11.3. The zero-order valence-corrected chi connectivity index (χ0v) is 11.5. The molecular formula is C12H18N2O3S. The highest BCUT2D eigenvalue weighted by molar-refractivity contribution is 7.92. The maximum atomic E-state index is 11.8. The number of sulfonamides is 1. The Hall–Kier alpha value is -1.56. The summed E-state index contributed by atoms with van der Waals surface area (Å²) in [7, 11) is -3.33. The van der Waals surface area contributed by atoms with Crippen LogP contribution in [0.5, 0.6) is 0 Å². The van der Waals surface area contributed by atoms with Gasteiger partial charge in [0.25, 0.3) is 5.91 Å². The highest BCUT2D eigenvalue weighted by atomic mass is 32.2. The minimum atomic E-state index is -3.33. The minimum Gasteiger partial charge on any atom is -0.352 e. The van der Waals surface area contributed by atoms with Gasteiger partial charge in [-0.25, -0.2) is 8.42 Å². The number of amides is 1. The Kier molecular flexibility index (Phi) is 4.72. The van der Waals surface area contributed by atoms with Crippen molar-refractivity contribution in [1.82, 2.24) is 5.32 Å². The van der Waals surface area contributed by atoms with E-state index >= 15 is 0 Å². The lowest BCUT2D eigenvalue weighted by atomic mass is 10.1. The third-order valence-electron chi connectivity index (χ3n) is 2.10. The Morgan fingerprint density at radius 1 is 1.33 bits per heavy atom. The molecule has 0 saturated carbocycles. The number of nitrogens with one attached hydrogen (secondary N) is 2. The van der Waals surface area contributed by atoms with Crippen LogP contribution in [0.2, 0.25) is 0 Å². The summed E-state index contributed by atoms with van der Waals surface area (Å²) in [5.74, 6) is 0.159. The van der Waals surface area contributed by atoms with Gasteiger partial charge in [-0.3, -0.25) is 9.52 Å². The van der Waals surface area contributed by atoms with E-state index in [1.807, 2.05) is 13.8 Å². The molecule has 0 fully saturated rings. The molecule has 0 radical (unpaired) electrons. The third kappa shape index (κ3) is 5.18. The average Bonchev–Trinajstić information content (AvgIpc) is 2.23. The molecule has 6 heteroatoms. The lowest BCUT2D eigenvalue weighted by molar-refractivity contribution is 0.0949. The molecule has 1 aromatic carbocycles. The number of hydrogen-bond acceptors (Lipinski definition) is 3. The third-order valence-corrected chi connectivity index (χ3v) is 2.71. The van der Waals surface area contributed by atoms with Crippen molar-refractivity contribution in [3.05, 3.63) is 29.8 Å². The van der Waals surface area contributed by atoms with Crippen molar-refractivity contribution < 1.29 is 13.2 Å². The molecule has 1 rings (SSSR count). The van der Waals surface area contributed by atoms with Crippen LogP contribution in [0, 0.1) is 5.92 Å². The molecule has 0 saturated heterocycles. The van der Waals surface area contributed by atoms with Gasteiger partial charge in [-0.1, -0.05) is 19.9 Å². The van der Waals surface area contributed by atoms with Gasteiger partial charge in [-0.2, -0.15) is 0 Å². The summed E-state index contributed by atoms with van der Waals surface area (Å²) < 4.78 is 24.5. The number of benzene rings is 1. The number of carbonyl (C=O) groups is 1. The van der Waals surface area contributed by atoms with E-state index < -0.39 is 10.0 Å². The molecule has 0 aliphatic carbocycles. The van der Waals surface area contributed by atoms with Gasteiger partial charge < -0.3 is 5.32 Å². The summed E-state index contributed by atoms with van der Waals surface area (Å²) in [5.41, 5.74) is 0.819. The summed E-state index contributed by atoms with van der Waals surface area (Å²) in [5, 5.41) is 2.77. The van der Waals surface area contributed by atoms with E-state index in [2.05, 4.69) is 10.0 Å². The molecule has 0 aliphatic heterocycles. The first-order chi connectivity index (χ1) is 8.28. The number of anilines is 1. The molecule has 0 bridgehead atoms. The Labute approximate surface area is 108 Å². The summed E-state index contributed by atoms with van der Waals surface area (Å²) in [4.78, 5) is 11.8. The topological polar surface area (TPSA) is 75.3 Å². The molecule has 1 aromatic rings. The van der Waals surface area contributed by atoms with Crippen molar-refractivity contribution in [3.63, 3.8) is 0 Å². The van der Waals surface area contributed by atoms with Gasteiger partial charge in [-0.15, -0.1) is 0 Å². The van der Waals surface area contributed by atoms with Crippen LogP contribution in [0.3, 0.4) is 0 Å². The van der Waals surface area contributed by atoms with Gasteiger partial charge in [-0.05, 0) is 24.1 Å². The lowest BCUT2D eigenvalue weighted by Gasteiger charge is -2.09. The van der Waals surface area contributed by atoms with Crippen LogP contribution in [0.4, 0.5) is 5.69 Å². The van der Waals surface area contributed by atoms with Crippen LogP contribution in [-0.4, -0.2) is 27.1 Å². The molecule has 5 nitrogen and oxygen atoms in total. The molecule has 0 aliphatic rings. The summed E-state index contributed by atoms with van der Waals surface area (Å²) >= 11 is 0. The van der Waals surface area contributed by atoms with Gasteiger partial charge in [0.1, 0.15) is 0 Å². The van der Waals surface area contributed by atoms with Crippen LogP contribution in [0.1, 0.15) is 24.2 Å². The molecule has 1 amide bonds. The highest BCUT2D eigenvalue weighted by Crippen LogP contribution is 2.11. The monoisotopic (exact) mass is 270 g/mol. The molecule has 0 unspecified atom stereocenters. The zero-order valence-electron chi connectivity index (χ0n) is 10.7. The van der Waals surface area contributed by atoms with E-state index in [-0.39, 0.29) is 5.91 Å². The predicted octanol–water partition coefficient (Wildman–Crippen LogP) is 1.44. The fourth-order valence-electron chi connectivity index (χ4n) is 1.34. The molecule has 18 heavy (non-hydrogen) atoms. The maximum Gasteiger partial charge on any atom is 0.251 e. The van der Waals surface area contributed by atoms with E-state index in [0.717, 1.165) is 6.26 Å². The lowest BCUT2D eigenvalue weighted by Crippen LogP contribution is -2.27. The fourth-order valence-corrected chi connectivity index (χ4v) is 1.89. The Bertz CT molecular complexity index is 524. The first kappa shape index (κ1) is 14.5. The average molecular weight is 270 g/mol. The van der Waals surface area contributed by atoms with Crippen molar-refractivity contribution in [1.29, 1.82) is 0 Å². The summed E-state index contributed by atoms with van der Waals surface area (Å²) in [6, 6.07) is 6.39. The molecule has 0 atom stereocenters. The van der Waals surface area contributed by atoms with E-state index in [1.54, 1.807) is 18.2 Å². The first-order valence-electron chi connectivity index (χ1n) is 5.64. The molecule has 2 N–H and O–H groups in total. The van der Waals surface area contributed by atoms with Crippen molar-refractivity contribution in [2.45, 2.75) is 13.8 Å². The second-order valence-corrected chi connectivity index (χ2v) is 6.31. The first-order valence-corrected chi connectivity index (χ1v) is 7.53. The van der Waals surface area contributed by atoms with Gasteiger partial charge in [0, 0.05) is 17.8 Å². The fraction of sp³-hybridized carbons (Fsp3) is 0.417. The largest absolute Gasteiger partial charge is 0.352 e. The Morgan fingerprint density at radius 3 is 2.56 bits per heavy atom. The van der Waals surface area contributed by atoms with E-state index in [0.29, 0.717) is 23.7 Å². The molecule has 0 heterocycles. The highest BCUT2D eigenvalue weighted by Gasteiger charge is 2.08.